The van der Waals surface area contributed by atoms with E-state index in [4.69, 9.17) is 14.2 Å². The molecular weight excluding hydrogens is 449 g/mol. The number of benzene rings is 3. The summed E-state index contributed by atoms with van der Waals surface area (Å²) < 4.78 is 30.2. The number of nitrogens with one attached hydrogen (secondary N) is 3. The first-order chi connectivity index (χ1) is 16.9. The number of methoxy groups -OCH3 is 3. The Kier molecular flexibility index (Phi) is 7.10. The molecule has 0 aliphatic rings. The number of ether oxygens (including phenoxy) is 3. The third-order valence-electron chi connectivity index (χ3n) is 5.77. The number of hydrogen-bond acceptors (Lipinski definition) is 5. The van der Waals surface area contributed by atoms with E-state index >= 15 is 0 Å². The van der Waals surface area contributed by atoms with Crippen LogP contribution in [0, 0.1) is 12.7 Å². The number of H-pyrrole nitrogens is 1. The second kappa shape index (κ2) is 10.4. The number of anilines is 2. The zero-order valence-corrected chi connectivity index (χ0v) is 20.1. The largest absolute Gasteiger partial charge is 0.493 e. The van der Waals surface area contributed by atoms with Crippen molar-refractivity contribution in [3.8, 4) is 17.2 Å². The molecule has 1 amide bonds. The molecule has 4 aromatic rings. The summed E-state index contributed by atoms with van der Waals surface area (Å²) in [6.45, 7) is 2.48. The first-order valence-corrected chi connectivity index (χ1v) is 11.1. The van der Waals surface area contributed by atoms with Gasteiger partial charge in [0.2, 0.25) is 5.75 Å². The number of hydrogen-bond donors (Lipinski definition) is 3. The molecule has 0 saturated carbocycles. The smallest absolute Gasteiger partial charge is 0.253 e. The van der Waals surface area contributed by atoms with Crippen molar-refractivity contribution in [2.24, 2.45) is 0 Å². The summed E-state index contributed by atoms with van der Waals surface area (Å²) in [4.78, 5) is 16.3. The fourth-order valence-electron chi connectivity index (χ4n) is 4.04. The molecule has 0 aliphatic heterocycles. The minimum Gasteiger partial charge on any atom is -0.493 e. The quantitative estimate of drug-likeness (QED) is 0.302. The lowest BCUT2D eigenvalue weighted by Crippen LogP contribution is -2.26. The van der Waals surface area contributed by atoms with Crippen LogP contribution in [0.3, 0.4) is 0 Å². The molecule has 0 atom stereocenters. The van der Waals surface area contributed by atoms with Gasteiger partial charge in [-0.05, 0) is 48.7 Å². The van der Waals surface area contributed by atoms with Gasteiger partial charge in [0.1, 0.15) is 5.82 Å². The lowest BCUT2D eigenvalue weighted by molar-refractivity contribution is 0.0955. The van der Waals surface area contributed by atoms with Crippen LogP contribution in [0.4, 0.5) is 15.8 Å². The average molecular weight is 478 g/mol. The minimum atomic E-state index is -0.467. The Bertz CT molecular complexity index is 1340. The van der Waals surface area contributed by atoms with Crippen molar-refractivity contribution in [2.75, 3.05) is 33.2 Å². The molecule has 8 heteroatoms. The van der Waals surface area contributed by atoms with Crippen LogP contribution in [0.25, 0.3) is 10.9 Å². The Morgan fingerprint density at radius 1 is 0.971 bits per heavy atom. The van der Waals surface area contributed by atoms with Crippen LogP contribution in [0.2, 0.25) is 0 Å². The normalized spacial score (nSPS) is 10.8. The number of aryl methyl sites for hydroxylation is 1. The minimum absolute atomic E-state index is 0.310. The predicted molar refractivity (Wildman–Crippen MR) is 135 cm³/mol. The number of halogens is 1. The molecule has 0 unspecified atom stereocenters. The van der Waals surface area contributed by atoms with Crippen LogP contribution >= 0.6 is 0 Å². The topological polar surface area (TPSA) is 84.6 Å². The summed E-state index contributed by atoms with van der Waals surface area (Å²) in [5.41, 5.74) is 4.56. The van der Waals surface area contributed by atoms with Gasteiger partial charge in [0.05, 0.1) is 32.6 Å². The number of fused-ring (bicyclic) bond motifs is 1. The molecular formula is C27H28FN3O4. The van der Waals surface area contributed by atoms with Crippen LogP contribution in [0.5, 0.6) is 17.2 Å². The highest BCUT2D eigenvalue weighted by molar-refractivity contribution is 6.00. The zero-order valence-electron chi connectivity index (χ0n) is 20.1. The van der Waals surface area contributed by atoms with Gasteiger partial charge in [-0.3, -0.25) is 4.79 Å². The lowest BCUT2D eigenvalue weighted by Gasteiger charge is -2.17. The van der Waals surface area contributed by atoms with Gasteiger partial charge in [-0.15, -0.1) is 0 Å². The lowest BCUT2D eigenvalue weighted by atomic mass is 10.1. The maximum atomic E-state index is 14.1. The number of aromatic nitrogens is 1. The molecule has 0 radical (unpaired) electrons. The number of rotatable bonds is 9. The van der Waals surface area contributed by atoms with Crippen LogP contribution < -0.4 is 24.8 Å². The average Bonchev–Trinajstić information content (AvgIpc) is 3.25. The Morgan fingerprint density at radius 2 is 1.71 bits per heavy atom. The van der Waals surface area contributed by atoms with Crippen molar-refractivity contribution in [1.29, 1.82) is 0 Å². The van der Waals surface area contributed by atoms with Crippen molar-refractivity contribution in [1.82, 2.24) is 10.3 Å². The zero-order chi connectivity index (χ0) is 24.9. The molecule has 4 rings (SSSR count). The molecule has 1 aromatic heterocycles. The maximum Gasteiger partial charge on any atom is 0.253 e. The van der Waals surface area contributed by atoms with Crippen molar-refractivity contribution >= 4 is 28.2 Å². The Morgan fingerprint density at radius 3 is 2.40 bits per heavy atom. The van der Waals surface area contributed by atoms with E-state index in [0.29, 0.717) is 47.2 Å². The first-order valence-electron chi connectivity index (χ1n) is 11.1. The van der Waals surface area contributed by atoms with Gasteiger partial charge >= 0.3 is 0 Å². The third-order valence-corrected chi connectivity index (χ3v) is 5.77. The molecule has 3 aromatic carbocycles. The van der Waals surface area contributed by atoms with E-state index in [1.54, 1.807) is 12.1 Å². The molecule has 1 heterocycles. The predicted octanol–water partition coefficient (Wildman–Crippen LogP) is 5.36. The molecule has 0 saturated heterocycles. The summed E-state index contributed by atoms with van der Waals surface area (Å²) >= 11 is 0. The van der Waals surface area contributed by atoms with Crippen LogP contribution in [0.1, 0.15) is 21.5 Å². The van der Waals surface area contributed by atoms with Gasteiger partial charge in [0, 0.05) is 41.5 Å². The summed E-state index contributed by atoms with van der Waals surface area (Å²) in [5, 5.41) is 7.18. The highest BCUT2D eigenvalue weighted by atomic mass is 19.1. The molecule has 0 aliphatic carbocycles. The first kappa shape index (κ1) is 23.9. The van der Waals surface area contributed by atoms with Crippen molar-refractivity contribution in [3.05, 3.63) is 77.2 Å². The third kappa shape index (κ3) is 5.16. The van der Waals surface area contributed by atoms with E-state index in [-0.39, 0.29) is 5.91 Å². The van der Waals surface area contributed by atoms with Gasteiger partial charge in [-0.2, -0.15) is 0 Å². The number of amides is 1. The SMILES string of the molecule is COc1cc(Nc2cc(F)ccc2C(=O)NCCc2c[nH]c3cc(C)ccc23)cc(OC)c1OC. The molecule has 182 valence electrons. The highest BCUT2D eigenvalue weighted by Gasteiger charge is 2.17. The Balaban J connectivity index is 1.51. The van der Waals surface area contributed by atoms with E-state index in [1.165, 1.54) is 45.1 Å². The van der Waals surface area contributed by atoms with Gasteiger partial charge in [-0.1, -0.05) is 12.1 Å². The van der Waals surface area contributed by atoms with E-state index in [2.05, 4.69) is 33.8 Å². The summed E-state index contributed by atoms with van der Waals surface area (Å²) in [5.74, 6) is 0.530. The standard InChI is InChI=1S/C27H28FN3O4/c1-16-5-7-20-17(15-30-22(20)11-16)9-10-29-27(32)21-8-6-18(28)12-23(21)31-19-13-24(33-2)26(35-4)25(14-19)34-3/h5-8,11-15,30-31H,9-10H2,1-4H3,(H,29,32). The fraction of sp³-hybridized carbons (Fsp3) is 0.222. The molecule has 0 fully saturated rings. The summed E-state index contributed by atoms with van der Waals surface area (Å²) in [6.07, 6.45) is 2.62. The Hall–Kier alpha value is -4.20. The molecule has 3 N–H and O–H groups in total. The van der Waals surface area contributed by atoms with E-state index in [9.17, 15) is 9.18 Å². The van der Waals surface area contributed by atoms with Crippen molar-refractivity contribution in [2.45, 2.75) is 13.3 Å². The Labute approximate surface area is 203 Å². The fourth-order valence-corrected chi connectivity index (χ4v) is 4.04. The van der Waals surface area contributed by atoms with E-state index in [1.807, 2.05) is 13.1 Å². The van der Waals surface area contributed by atoms with Gasteiger partial charge in [0.15, 0.2) is 11.5 Å². The second-order valence-corrected chi connectivity index (χ2v) is 8.10. The molecule has 7 nitrogen and oxygen atoms in total. The van der Waals surface area contributed by atoms with Crippen LogP contribution in [-0.4, -0.2) is 38.8 Å². The molecule has 35 heavy (non-hydrogen) atoms. The number of aromatic amines is 1. The second-order valence-electron chi connectivity index (χ2n) is 8.10. The number of carbonyl (C=O) groups is 1. The number of carbonyl (C=O) groups excluding carboxylic acids is 1. The summed E-state index contributed by atoms with van der Waals surface area (Å²) in [7, 11) is 4.54. The molecule has 0 bridgehead atoms. The van der Waals surface area contributed by atoms with Gasteiger partial charge in [-0.25, -0.2) is 4.39 Å². The highest BCUT2D eigenvalue weighted by Crippen LogP contribution is 2.41. The maximum absolute atomic E-state index is 14.1. The van der Waals surface area contributed by atoms with E-state index < -0.39 is 5.82 Å². The van der Waals surface area contributed by atoms with Gasteiger partial charge in [0.25, 0.3) is 5.91 Å². The monoisotopic (exact) mass is 477 g/mol. The van der Waals surface area contributed by atoms with Crippen LogP contribution in [-0.2, 0) is 6.42 Å². The summed E-state index contributed by atoms with van der Waals surface area (Å²) in [6, 6.07) is 13.6. The van der Waals surface area contributed by atoms with Crippen molar-refractivity contribution < 1.29 is 23.4 Å². The van der Waals surface area contributed by atoms with Crippen molar-refractivity contribution in [3.63, 3.8) is 0 Å². The molecule has 0 spiro atoms. The van der Waals surface area contributed by atoms with Crippen LogP contribution in [0.15, 0.2) is 54.7 Å². The van der Waals surface area contributed by atoms with E-state index in [0.717, 1.165) is 16.5 Å². The van der Waals surface area contributed by atoms with Gasteiger partial charge < -0.3 is 29.8 Å².